The van der Waals surface area contributed by atoms with E-state index in [0.717, 1.165) is 6.54 Å². The van der Waals surface area contributed by atoms with E-state index in [0.29, 0.717) is 17.3 Å². The van der Waals surface area contributed by atoms with Gasteiger partial charge in [-0.2, -0.15) is 0 Å². The van der Waals surface area contributed by atoms with Gasteiger partial charge in [0.25, 0.3) is 0 Å². The number of carbonyl (C=O) groups is 1. The van der Waals surface area contributed by atoms with Crippen molar-refractivity contribution in [3.05, 3.63) is 22.9 Å². The first-order valence-corrected chi connectivity index (χ1v) is 5.22. The van der Waals surface area contributed by atoms with Crippen LogP contribution >= 0.6 is 11.6 Å². The maximum Gasteiger partial charge on any atom is 0.333 e. The number of hydrogen-bond acceptors (Lipinski definition) is 2. The third-order valence-corrected chi connectivity index (χ3v) is 2.39. The van der Waals surface area contributed by atoms with E-state index < -0.39 is 5.97 Å². The summed E-state index contributed by atoms with van der Waals surface area (Å²) in [7, 11) is 0. The quantitative estimate of drug-likeness (QED) is 0.740. The van der Waals surface area contributed by atoms with Gasteiger partial charge >= 0.3 is 5.97 Å². The van der Waals surface area contributed by atoms with E-state index in [1.165, 1.54) is 0 Å². The van der Waals surface area contributed by atoms with Crippen LogP contribution in [0.3, 0.4) is 0 Å². The minimum atomic E-state index is -0.880. The van der Waals surface area contributed by atoms with E-state index in [2.05, 4.69) is 20.8 Å². The van der Waals surface area contributed by atoms with Crippen LogP contribution in [-0.2, 0) is 4.79 Å². The largest absolute Gasteiger partial charge is 0.478 e. The number of rotatable bonds is 2. The number of halogens is 1. The Kier molecular flexibility index (Phi) is 3.45. The van der Waals surface area contributed by atoms with Crippen molar-refractivity contribution >= 4 is 17.6 Å². The Morgan fingerprint density at radius 2 is 2.13 bits per heavy atom. The standard InChI is InChI=1S/C11H16ClNO2/c1-11(2,3)7-13-6-8(10(14)15)4-5-9(13)12/h4-5H,6-7H2,1-3H3,(H,14,15). The summed E-state index contributed by atoms with van der Waals surface area (Å²) < 4.78 is 0. The molecule has 0 amide bonds. The molecule has 0 fully saturated rings. The van der Waals surface area contributed by atoms with Gasteiger partial charge < -0.3 is 10.0 Å². The lowest BCUT2D eigenvalue weighted by Gasteiger charge is -2.32. The molecule has 0 aromatic heterocycles. The highest BCUT2D eigenvalue weighted by Gasteiger charge is 2.22. The molecular weight excluding hydrogens is 214 g/mol. The topological polar surface area (TPSA) is 40.5 Å². The van der Waals surface area contributed by atoms with Crippen molar-refractivity contribution in [1.82, 2.24) is 4.90 Å². The molecule has 1 rings (SSSR count). The molecule has 0 aromatic carbocycles. The highest BCUT2D eigenvalue weighted by atomic mass is 35.5. The van der Waals surface area contributed by atoms with Crippen LogP contribution < -0.4 is 0 Å². The van der Waals surface area contributed by atoms with E-state index >= 15 is 0 Å². The van der Waals surface area contributed by atoms with E-state index in [1.54, 1.807) is 12.2 Å². The zero-order valence-electron chi connectivity index (χ0n) is 9.25. The number of carboxylic acid groups (broad SMARTS) is 1. The summed E-state index contributed by atoms with van der Waals surface area (Å²) >= 11 is 6.01. The second-order valence-corrected chi connectivity index (χ2v) is 5.29. The molecule has 0 saturated carbocycles. The lowest BCUT2D eigenvalue weighted by molar-refractivity contribution is -0.132. The Morgan fingerprint density at radius 3 is 2.60 bits per heavy atom. The SMILES string of the molecule is CC(C)(C)CN1CC(C(=O)O)=CC=C1Cl. The molecule has 0 unspecified atom stereocenters. The normalized spacial score (nSPS) is 17.2. The monoisotopic (exact) mass is 229 g/mol. The van der Waals surface area contributed by atoms with Crippen LogP contribution in [0.1, 0.15) is 20.8 Å². The molecule has 1 heterocycles. The van der Waals surface area contributed by atoms with Crippen molar-refractivity contribution in [2.45, 2.75) is 20.8 Å². The van der Waals surface area contributed by atoms with Crippen LogP contribution in [0.2, 0.25) is 0 Å². The zero-order chi connectivity index (χ0) is 11.6. The van der Waals surface area contributed by atoms with Crippen LogP contribution in [0, 0.1) is 5.41 Å². The summed E-state index contributed by atoms with van der Waals surface area (Å²) in [5.41, 5.74) is 0.471. The molecule has 0 aliphatic carbocycles. The third-order valence-electron chi connectivity index (χ3n) is 2.03. The number of hydrogen-bond donors (Lipinski definition) is 1. The van der Waals surface area contributed by atoms with Crippen molar-refractivity contribution < 1.29 is 9.90 Å². The smallest absolute Gasteiger partial charge is 0.333 e. The minimum absolute atomic E-state index is 0.0922. The Hall–Kier alpha value is -0.960. The maximum absolute atomic E-state index is 10.8. The van der Waals surface area contributed by atoms with E-state index in [1.807, 2.05) is 4.90 Å². The van der Waals surface area contributed by atoms with Gasteiger partial charge in [0, 0.05) is 6.54 Å². The second kappa shape index (κ2) is 4.27. The summed E-state index contributed by atoms with van der Waals surface area (Å²) in [6.45, 7) is 7.40. The molecule has 1 aliphatic heterocycles. The fraction of sp³-hybridized carbons (Fsp3) is 0.545. The lowest BCUT2D eigenvalue weighted by atomic mass is 9.95. The molecule has 0 saturated heterocycles. The lowest BCUT2D eigenvalue weighted by Crippen LogP contribution is -2.34. The Morgan fingerprint density at radius 1 is 1.53 bits per heavy atom. The van der Waals surface area contributed by atoms with Gasteiger partial charge in [-0.05, 0) is 17.6 Å². The molecule has 15 heavy (non-hydrogen) atoms. The molecule has 0 bridgehead atoms. The number of nitrogens with zero attached hydrogens (tertiary/aromatic N) is 1. The highest BCUT2D eigenvalue weighted by Crippen LogP contribution is 2.24. The first-order valence-electron chi connectivity index (χ1n) is 4.84. The predicted octanol–water partition coefficient (Wildman–Crippen LogP) is 2.44. The van der Waals surface area contributed by atoms with Gasteiger partial charge in [0.2, 0.25) is 0 Å². The van der Waals surface area contributed by atoms with Gasteiger partial charge in [-0.1, -0.05) is 32.4 Å². The molecule has 0 aromatic rings. The van der Waals surface area contributed by atoms with Gasteiger partial charge in [0.15, 0.2) is 0 Å². The summed E-state index contributed by atoms with van der Waals surface area (Å²) in [5.74, 6) is -0.880. The Labute approximate surface area is 95.0 Å². The molecule has 1 N–H and O–H groups in total. The zero-order valence-corrected chi connectivity index (χ0v) is 10.0. The van der Waals surface area contributed by atoms with Crippen molar-refractivity contribution in [3.63, 3.8) is 0 Å². The summed E-state index contributed by atoms with van der Waals surface area (Å²) in [6, 6.07) is 0. The van der Waals surface area contributed by atoms with Crippen molar-refractivity contribution in [1.29, 1.82) is 0 Å². The highest BCUT2D eigenvalue weighted by molar-refractivity contribution is 6.29. The van der Waals surface area contributed by atoms with Crippen molar-refractivity contribution in [2.24, 2.45) is 5.41 Å². The maximum atomic E-state index is 10.8. The fourth-order valence-corrected chi connectivity index (χ4v) is 1.63. The first-order chi connectivity index (χ1) is 6.79. The fourth-order valence-electron chi connectivity index (χ4n) is 1.45. The Balaban J connectivity index is 2.76. The minimum Gasteiger partial charge on any atom is -0.478 e. The molecule has 4 heteroatoms. The van der Waals surface area contributed by atoms with Crippen LogP contribution in [-0.4, -0.2) is 29.1 Å². The molecule has 0 radical (unpaired) electrons. The van der Waals surface area contributed by atoms with Gasteiger partial charge in [0.05, 0.1) is 12.1 Å². The van der Waals surface area contributed by atoms with Gasteiger partial charge in [-0.15, -0.1) is 0 Å². The average molecular weight is 230 g/mol. The van der Waals surface area contributed by atoms with E-state index in [4.69, 9.17) is 16.7 Å². The van der Waals surface area contributed by atoms with E-state index in [-0.39, 0.29) is 5.41 Å². The third kappa shape index (κ3) is 3.59. The first kappa shape index (κ1) is 12.1. The van der Waals surface area contributed by atoms with Crippen LogP contribution in [0.15, 0.2) is 22.9 Å². The number of aliphatic carboxylic acids is 1. The van der Waals surface area contributed by atoms with Crippen molar-refractivity contribution in [2.75, 3.05) is 13.1 Å². The van der Waals surface area contributed by atoms with Gasteiger partial charge in [0.1, 0.15) is 5.16 Å². The molecular formula is C11H16ClNO2. The Bertz CT molecular complexity index is 326. The van der Waals surface area contributed by atoms with E-state index in [9.17, 15) is 4.79 Å². The van der Waals surface area contributed by atoms with Crippen LogP contribution in [0.4, 0.5) is 0 Å². The molecule has 3 nitrogen and oxygen atoms in total. The number of allylic oxidation sites excluding steroid dienone is 2. The van der Waals surface area contributed by atoms with Crippen LogP contribution in [0.5, 0.6) is 0 Å². The molecule has 84 valence electrons. The molecule has 0 atom stereocenters. The summed E-state index contributed by atoms with van der Waals surface area (Å²) in [6.07, 6.45) is 3.20. The average Bonchev–Trinajstić information content (AvgIpc) is 2.06. The van der Waals surface area contributed by atoms with Gasteiger partial charge in [-0.25, -0.2) is 4.79 Å². The van der Waals surface area contributed by atoms with Crippen molar-refractivity contribution in [3.8, 4) is 0 Å². The van der Waals surface area contributed by atoms with Gasteiger partial charge in [-0.3, -0.25) is 0 Å². The predicted molar refractivity (Wildman–Crippen MR) is 60.7 cm³/mol. The molecule has 0 spiro atoms. The van der Waals surface area contributed by atoms with Crippen LogP contribution in [0.25, 0.3) is 0 Å². The molecule has 1 aliphatic rings. The summed E-state index contributed by atoms with van der Waals surface area (Å²) in [5, 5.41) is 9.48. The summed E-state index contributed by atoms with van der Waals surface area (Å²) in [4.78, 5) is 12.7. The number of carboxylic acids is 1. The second-order valence-electron chi connectivity index (χ2n) is 4.90.